The molecule has 0 radical (unpaired) electrons. The lowest BCUT2D eigenvalue weighted by Crippen LogP contribution is -2.62. The molecule has 0 spiro atoms. The minimum absolute atomic E-state index is 0.845. The second-order valence-corrected chi connectivity index (χ2v) is 5.32. The quantitative estimate of drug-likeness (QED) is 0.744. The number of sulfonamides is 1. The molecule has 4 nitrogen and oxygen atoms in total. The average Bonchev–Trinajstić information content (AvgIpc) is 2.24. The van der Waals surface area contributed by atoms with Crippen LogP contribution in [0.5, 0.6) is 0 Å². The molecular formula is C6HF12NO3S. The molecule has 0 heterocycles. The summed E-state index contributed by atoms with van der Waals surface area (Å²) in [6, 6.07) is 0. The van der Waals surface area contributed by atoms with Crippen LogP contribution in [0.1, 0.15) is 0 Å². The first-order chi connectivity index (χ1) is 9.63. The Hall–Kier alpha value is -1.42. The van der Waals surface area contributed by atoms with Gasteiger partial charge in [-0.15, -0.1) is 0 Å². The van der Waals surface area contributed by atoms with Gasteiger partial charge in [-0.25, -0.2) is 4.72 Å². The zero-order valence-corrected chi connectivity index (χ0v) is 10.5. The van der Waals surface area contributed by atoms with Gasteiger partial charge in [-0.05, 0) is 0 Å². The highest BCUT2D eigenvalue weighted by Crippen LogP contribution is 2.49. The molecule has 0 aromatic rings. The highest BCUT2D eigenvalue weighted by Gasteiger charge is 2.79. The van der Waals surface area contributed by atoms with E-state index in [1.165, 1.54) is 0 Å². The summed E-state index contributed by atoms with van der Waals surface area (Å²) in [4.78, 5) is 10.3. The Morgan fingerprint density at radius 3 is 1.30 bits per heavy atom. The monoisotopic (exact) mass is 395 g/mol. The largest absolute Gasteiger partial charge is 0.463 e. The third-order valence-corrected chi connectivity index (χ3v) is 3.31. The van der Waals surface area contributed by atoms with Crippen LogP contribution in [0.3, 0.4) is 0 Å². The van der Waals surface area contributed by atoms with Gasteiger partial charge in [0, 0.05) is 0 Å². The number of carbonyl (C=O) groups excluding carboxylic acids is 1. The summed E-state index contributed by atoms with van der Waals surface area (Å²) in [5.74, 6) is -18.2. The van der Waals surface area contributed by atoms with E-state index in [1.807, 2.05) is 0 Å². The van der Waals surface area contributed by atoms with Crippen molar-refractivity contribution in [3.05, 3.63) is 0 Å². The summed E-state index contributed by atoms with van der Waals surface area (Å²) in [7, 11) is -7.63. The van der Waals surface area contributed by atoms with Gasteiger partial charge in [0.15, 0.2) is 0 Å². The first-order valence-corrected chi connectivity index (χ1v) is 5.95. The van der Waals surface area contributed by atoms with Crippen molar-refractivity contribution in [2.24, 2.45) is 0 Å². The van der Waals surface area contributed by atoms with Crippen LogP contribution in [0, 0.1) is 0 Å². The normalized spacial score (nSPS) is 15.5. The minimum atomic E-state index is -7.63. The third kappa shape index (κ3) is 3.42. The average molecular weight is 395 g/mol. The molecule has 0 bridgehead atoms. The number of alkyl halides is 12. The van der Waals surface area contributed by atoms with Crippen LogP contribution in [-0.4, -0.2) is 43.8 Å². The molecular weight excluding hydrogens is 394 g/mol. The van der Waals surface area contributed by atoms with E-state index in [0.717, 1.165) is 0 Å². The molecule has 1 amide bonds. The van der Waals surface area contributed by atoms with Crippen LogP contribution in [0.2, 0.25) is 0 Å². The zero-order valence-electron chi connectivity index (χ0n) is 9.67. The molecule has 17 heteroatoms. The Bertz CT molecular complexity index is 573. The van der Waals surface area contributed by atoms with E-state index < -0.39 is 50.1 Å². The van der Waals surface area contributed by atoms with Gasteiger partial charge in [-0.3, -0.25) is 4.79 Å². The molecule has 0 fully saturated rings. The van der Waals surface area contributed by atoms with Gasteiger partial charge in [-0.2, -0.15) is 61.1 Å². The molecule has 0 aromatic heterocycles. The first-order valence-electron chi connectivity index (χ1n) is 4.46. The fourth-order valence-electron chi connectivity index (χ4n) is 0.713. The Kier molecular flexibility index (Phi) is 4.97. The lowest BCUT2D eigenvalue weighted by molar-refractivity contribution is -0.332. The van der Waals surface area contributed by atoms with Gasteiger partial charge in [0.2, 0.25) is 0 Å². The summed E-state index contributed by atoms with van der Waals surface area (Å²) in [6.07, 6.45) is -14.1. The molecule has 0 aliphatic rings. The fourth-order valence-corrected chi connectivity index (χ4v) is 1.67. The topological polar surface area (TPSA) is 63.2 Å². The summed E-state index contributed by atoms with van der Waals surface area (Å²) in [5, 5.41) is -7.27. The maximum Gasteiger partial charge on any atom is 0.463 e. The highest BCUT2D eigenvalue weighted by atomic mass is 32.2. The Balaban J connectivity index is 5.83. The number of nitrogens with one attached hydrogen (secondary N) is 1. The first kappa shape index (κ1) is 21.6. The summed E-state index contributed by atoms with van der Waals surface area (Å²) in [5.41, 5.74) is 0. The lowest BCUT2D eigenvalue weighted by atomic mass is 10.3. The van der Waals surface area contributed by atoms with Crippen molar-refractivity contribution in [2.45, 2.75) is 29.5 Å². The van der Waals surface area contributed by atoms with Gasteiger partial charge in [-0.1, -0.05) is 0 Å². The standard InChI is InChI=1S/C6HF12NO3S/c7-2(8,4(11,12)13)1(20)19-23(21,22)6(17,18)3(9,10)5(14,15)16/h(H,19,20). The molecule has 0 saturated heterocycles. The molecule has 23 heavy (non-hydrogen) atoms. The van der Waals surface area contributed by atoms with Crippen LogP contribution in [0.25, 0.3) is 0 Å². The lowest BCUT2D eigenvalue weighted by Gasteiger charge is -2.28. The number of hydrogen-bond donors (Lipinski definition) is 1. The molecule has 0 unspecified atom stereocenters. The van der Waals surface area contributed by atoms with Crippen molar-refractivity contribution in [3.8, 4) is 0 Å². The Labute approximate surface area is 117 Å². The van der Waals surface area contributed by atoms with Gasteiger partial charge in [0.25, 0.3) is 0 Å². The van der Waals surface area contributed by atoms with Gasteiger partial charge in [0.05, 0.1) is 0 Å². The van der Waals surface area contributed by atoms with Crippen LogP contribution in [-0.2, 0) is 14.8 Å². The van der Waals surface area contributed by atoms with Crippen molar-refractivity contribution < 1.29 is 65.9 Å². The number of carbonyl (C=O) groups is 1. The molecule has 0 aliphatic heterocycles. The SMILES string of the molecule is O=C(NS(=O)(=O)C(F)(F)C(F)(F)C(F)(F)F)C(F)(F)C(F)(F)F. The molecule has 1 N–H and O–H groups in total. The van der Waals surface area contributed by atoms with Crippen LogP contribution in [0.4, 0.5) is 52.7 Å². The second-order valence-electron chi connectivity index (χ2n) is 3.60. The zero-order chi connectivity index (χ0) is 19.3. The molecule has 0 aromatic carbocycles. The predicted molar refractivity (Wildman–Crippen MR) is 44.0 cm³/mol. The Morgan fingerprint density at radius 1 is 0.696 bits per heavy atom. The van der Waals surface area contributed by atoms with Crippen LogP contribution >= 0.6 is 0 Å². The molecule has 138 valence electrons. The summed E-state index contributed by atoms with van der Waals surface area (Å²) < 4.78 is 165. The maximum atomic E-state index is 12.7. The van der Waals surface area contributed by atoms with E-state index in [4.69, 9.17) is 0 Å². The van der Waals surface area contributed by atoms with E-state index >= 15 is 0 Å². The number of rotatable bonds is 4. The van der Waals surface area contributed by atoms with Crippen LogP contribution in [0.15, 0.2) is 0 Å². The molecule has 0 rings (SSSR count). The molecule has 0 saturated carbocycles. The maximum absolute atomic E-state index is 12.7. The van der Waals surface area contributed by atoms with Crippen molar-refractivity contribution >= 4 is 15.9 Å². The van der Waals surface area contributed by atoms with E-state index in [1.54, 1.807) is 0 Å². The predicted octanol–water partition coefficient (Wildman–Crippen LogP) is 2.42. The summed E-state index contributed by atoms with van der Waals surface area (Å²) >= 11 is 0. The number of hydrogen-bond acceptors (Lipinski definition) is 3. The van der Waals surface area contributed by atoms with Gasteiger partial charge >= 0.3 is 45.4 Å². The van der Waals surface area contributed by atoms with Gasteiger partial charge in [0.1, 0.15) is 0 Å². The molecule has 0 atom stereocenters. The van der Waals surface area contributed by atoms with E-state index in [2.05, 4.69) is 0 Å². The smallest absolute Gasteiger partial charge is 0.267 e. The minimum Gasteiger partial charge on any atom is -0.267 e. The second kappa shape index (κ2) is 5.30. The van der Waals surface area contributed by atoms with E-state index in [0.29, 0.717) is 0 Å². The third-order valence-electron chi connectivity index (χ3n) is 1.93. The van der Waals surface area contributed by atoms with E-state index in [9.17, 15) is 65.9 Å². The summed E-state index contributed by atoms with van der Waals surface area (Å²) in [6.45, 7) is 0. The van der Waals surface area contributed by atoms with E-state index in [-0.39, 0.29) is 0 Å². The van der Waals surface area contributed by atoms with Crippen molar-refractivity contribution in [2.75, 3.05) is 0 Å². The number of amides is 1. The van der Waals surface area contributed by atoms with Crippen molar-refractivity contribution in [1.82, 2.24) is 4.72 Å². The molecule has 0 aliphatic carbocycles. The van der Waals surface area contributed by atoms with Crippen LogP contribution < -0.4 is 4.72 Å². The van der Waals surface area contributed by atoms with Crippen molar-refractivity contribution in [1.29, 1.82) is 0 Å². The highest BCUT2D eigenvalue weighted by molar-refractivity contribution is 7.91. The number of halogens is 12. The van der Waals surface area contributed by atoms with Crippen molar-refractivity contribution in [3.63, 3.8) is 0 Å². The van der Waals surface area contributed by atoms with Gasteiger partial charge < -0.3 is 0 Å². The Morgan fingerprint density at radius 2 is 1.04 bits per heavy atom. The fraction of sp³-hybridized carbons (Fsp3) is 0.833.